The molecule has 2 aliphatic rings. The summed E-state index contributed by atoms with van der Waals surface area (Å²) in [5.74, 6) is 4.10. The maximum atomic E-state index is 6.43. The molecule has 0 atom stereocenters. The predicted molar refractivity (Wildman–Crippen MR) is 280 cm³/mol. The summed E-state index contributed by atoms with van der Waals surface area (Å²) in [7, 11) is 0. The van der Waals surface area contributed by atoms with Crippen molar-refractivity contribution in [2.45, 2.75) is 119 Å². The van der Waals surface area contributed by atoms with Crippen LogP contribution in [-0.2, 0) is 0 Å². The highest BCUT2D eigenvalue weighted by molar-refractivity contribution is 7.11. The van der Waals surface area contributed by atoms with Gasteiger partial charge in [0, 0.05) is 5.69 Å². The van der Waals surface area contributed by atoms with Gasteiger partial charge in [0.15, 0.2) is 11.5 Å². The van der Waals surface area contributed by atoms with Gasteiger partial charge >= 0.3 is 0 Å². The highest BCUT2D eigenvalue weighted by Crippen LogP contribution is 2.50. The number of ether oxygens (including phenoxy) is 1. The van der Waals surface area contributed by atoms with Gasteiger partial charge in [-0.25, -0.2) is 0 Å². The first-order valence-corrected chi connectivity index (χ1v) is 24.1. The molecule has 0 fully saturated rings. The molecule has 0 amide bonds. The zero-order chi connectivity index (χ0) is 45.1. The Bertz CT molecular complexity index is 2760. The van der Waals surface area contributed by atoms with Gasteiger partial charge in [0.2, 0.25) is 13.4 Å². The van der Waals surface area contributed by atoms with Crippen molar-refractivity contribution in [1.82, 2.24) is 0 Å². The standard InChI is InChI=1S/C60H65B2NO/c1-36(2)44-31-47(38(5)6)59(48(32-44)39(7)8)61-51-22-13-14-23-52(51)62(60-49(40(9)10)33-45(37(3)4)34-50(60)41(11)12)54-35-43(28-29-53(54)61)42-20-19-21-46(30-42)63-55-24-15-17-26-57(55)64-58-27-18-16-25-56(58)63/h13-41H,1-12H3. The Hall–Kier alpha value is -5.73. The molecule has 0 N–H and O–H groups in total. The molecule has 4 heteroatoms. The number of para-hydroxylation sites is 4. The average molecular weight is 838 g/mol. The van der Waals surface area contributed by atoms with Crippen LogP contribution < -0.4 is 42.4 Å². The second-order valence-corrected chi connectivity index (χ2v) is 20.4. The van der Waals surface area contributed by atoms with Gasteiger partial charge in [-0.05, 0) is 116 Å². The first-order valence-electron chi connectivity index (χ1n) is 24.1. The van der Waals surface area contributed by atoms with Crippen molar-refractivity contribution in [2.24, 2.45) is 0 Å². The molecule has 2 nitrogen and oxygen atoms in total. The van der Waals surface area contributed by atoms with Crippen LogP contribution in [-0.4, -0.2) is 13.4 Å². The molecule has 9 rings (SSSR count). The van der Waals surface area contributed by atoms with Crippen LogP contribution in [0.4, 0.5) is 17.1 Å². The maximum Gasteiger partial charge on any atom is 0.240 e. The molecular weight excluding hydrogens is 772 g/mol. The van der Waals surface area contributed by atoms with Gasteiger partial charge in [0.05, 0.1) is 11.4 Å². The highest BCUT2D eigenvalue weighted by Gasteiger charge is 2.43. The van der Waals surface area contributed by atoms with E-state index in [0.29, 0.717) is 35.5 Å². The fourth-order valence-corrected chi connectivity index (χ4v) is 10.8. The Labute approximate surface area is 385 Å². The van der Waals surface area contributed by atoms with Crippen molar-refractivity contribution in [3.8, 4) is 22.6 Å². The molecule has 2 aliphatic heterocycles. The second-order valence-electron chi connectivity index (χ2n) is 20.4. The Morgan fingerprint density at radius 1 is 0.359 bits per heavy atom. The molecule has 64 heavy (non-hydrogen) atoms. The van der Waals surface area contributed by atoms with E-state index >= 15 is 0 Å². The molecule has 322 valence electrons. The monoisotopic (exact) mass is 838 g/mol. The van der Waals surface area contributed by atoms with E-state index in [-0.39, 0.29) is 13.4 Å². The summed E-state index contributed by atoms with van der Waals surface area (Å²) in [5.41, 5.74) is 23.1. The van der Waals surface area contributed by atoms with Crippen LogP contribution in [0, 0.1) is 0 Å². The lowest BCUT2D eigenvalue weighted by atomic mass is 9.20. The quantitative estimate of drug-likeness (QED) is 0.127. The van der Waals surface area contributed by atoms with E-state index < -0.39 is 0 Å². The third-order valence-electron chi connectivity index (χ3n) is 14.1. The average Bonchev–Trinajstić information content (AvgIpc) is 3.28. The molecular formula is C60H65B2NO. The van der Waals surface area contributed by atoms with Crippen molar-refractivity contribution >= 4 is 63.3 Å². The number of hydrogen-bond acceptors (Lipinski definition) is 2. The SMILES string of the molecule is CC(C)c1cc(C(C)C)c(B2c3ccccc3B(c3c(C(C)C)cc(C(C)C)cc3C(C)C)c3cc(-c4cccc(N5c6ccccc6Oc6ccccc65)c4)ccc32)c(C(C)C)c1. The predicted octanol–water partition coefficient (Wildman–Crippen LogP) is 13.0. The highest BCUT2D eigenvalue weighted by atomic mass is 16.5. The molecule has 7 aromatic rings. The molecule has 0 aromatic heterocycles. The zero-order valence-electron chi connectivity index (χ0n) is 40.3. The van der Waals surface area contributed by atoms with E-state index in [1.54, 1.807) is 0 Å². The molecule has 2 heterocycles. The summed E-state index contributed by atoms with van der Waals surface area (Å²) in [6.45, 7) is 28.7. The smallest absolute Gasteiger partial charge is 0.240 e. The summed E-state index contributed by atoms with van der Waals surface area (Å²) in [4.78, 5) is 2.35. The minimum absolute atomic E-state index is 0.0690. The molecule has 0 spiro atoms. The topological polar surface area (TPSA) is 12.5 Å². The summed E-state index contributed by atoms with van der Waals surface area (Å²) < 4.78 is 6.43. The van der Waals surface area contributed by atoms with Gasteiger partial charge < -0.3 is 9.64 Å². The van der Waals surface area contributed by atoms with Crippen LogP contribution in [0.3, 0.4) is 0 Å². The van der Waals surface area contributed by atoms with E-state index in [1.807, 2.05) is 0 Å². The van der Waals surface area contributed by atoms with E-state index in [9.17, 15) is 0 Å². The van der Waals surface area contributed by atoms with Crippen LogP contribution in [0.2, 0.25) is 0 Å². The van der Waals surface area contributed by atoms with Crippen LogP contribution >= 0.6 is 0 Å². The fraction of sp³-hybridized carbons (Fsp3) is 0.300. The minimum Gasteiger partial charge on any atom is -0.453 e. The largest absolute Gasteiger partial charge is 0.453 e. The van der Waals surface area contributed by atoms with Crippen molar-refractivity contribution in [3.05, 3.63) is 173 Å². The van der Waals surface area contributed by atoms with Crippen molar-refractivity contribution in [3.63, 3.8) is 0 Å². The van der Waals surface area contributed by atoms with Gasteiger partial charge in [0.25, 0.3) is 0 Å². The third kappa shape index (κ3) is 7.61. The molecule has 0 saturated carbocycles. The first-order chi connectivity index (χ1) is 30.7. The molecule has 7 aromatic carbocycles. The molecule has 0 aliphatic carbocycles. The Morgan fingerprint density at radius 2 is 0.766 bits per heavy atom. The van der Waals surface area contributed by atoms with Crippen LogP contribution in [0.15, 0.2) is 140 Å². The molecule has 0 saturated heterocycles. The Kier molecular flexibility index (Phi) is 11.8. The number of fused-ring (bicyclic) bond motifs is 4. The molecule has 0 radical (unpaired) electrons. The van der Waals surface area contributed by atoms with Crippen molar-refractivity contribution < 1.29 is 4.74 Å². The van der Waals surface area contributed by atoms with E-state index in [0.717, 1.165) is 28.6 Å². The lowest BCUT2D eigenvalue weighted by molar-refractivity contribution is 0.477. The third-order valence-corrected chi connectivity index (χ3v) is 14.1. The van der Waals surface area contributed by atoms with Crippen LogP contribution in [0.1, 0.15) is 152 Å². The molecule has 0 unspecified atom stereocenters. The molecule has 0 bridgehead atoms. The van der Waals surface area contributed by atoms with Crippen LogP contribution in [0.25, 0.3) is 11.1 Å². The van der Waals surface area contributed by atoms with Gasteiger partial charge in [0.1, 0.15) is 0 Å². The number of benzene rings is 7. The van der Waals surface area contributed by atoms with Gasteiger partial charge in [-0.2, -0.15) is 0 Å². The van der Waals surface area contributed by atoms with Gasteiger partial charge in [-0.3, -0.25) is 0 Å². The summed E-state index contributed by atoms with van der Waals surface area (Å²) >= 11 is 0. The van der Waals surface area contributed by atoms with Crippen LogP contribution in [0.5, 0.6) is 11.5 Å². The Morgan fingerprint density at radius 3 is 1.22 bits per heavy atom. The van der Waals surface area contributed by atoms with Crippen molar-refractivity contribution in [2.75, 3.05) is 4.90 Å². The zero-order valence-corrected chi connectivity index (χ0v) is 40.3. The van der Waals surface area contributed by atoms with Gasteiger partial charge in [-0.1, -0.05) is 219 Å². The van der Waals surface area contributed by atoms with Gasteiger partial charge in [-0.15, -0.1) is 0 Å². The maximum absolute atomic E-state index is 6.43. The minimum atomic E-state index is 0.0690. The fourth-order valence-electron chi connectivity index (χ4n) is 10.8. The summed E-state index contributed by atoms with van der Waals surface area (Å²) in [5, 5.41) is 0. The number of rotatable bonds is 10. The van der Waals surface area contributed by atoms with E-state index in [1.165, 1.54) is 77.3 Å². The summed E-state index contributed by atoms with van der Waals surface area (Å²) in [6.07, 6.45) is 0. The lowest BCUT2D eigenvalue weighted by Crippen LogP contribution is -2.76. The second kappa shape index (κ2) is 17.3. The van der Waals surface area contributed by atoms with Crippen molar-refractivity contribution in [1.29, 1.82) is 0 Å². The number of nitrogens with zero attached hydrogens (tertiary/aromatic N) is 1. The summed E-state index contributed by atoms with van der Waals surface area (Å²) in [6, 6.07) is 53.1. The van der Waals surface area contributed by atoms with E-state index in [2.05, 4.69) is 228 Å². The number of hydrogen-bond donors (Lipinski definition) is 0. The first kappa shape index (κ1) is 43.5. The Balaban J connectivity index is 1.33. The van der Waals surface area contributed by atoms with E-state index in [4.69, 9.17) is 4.74 Å². The number of anilines is 3. The lowest BCUT2D eigenvalue weighted by Gasteiger charge is -2.37. The normalized spacial score (nSPS) is 13.2.